The molecule has 2 fully saturated rings. The van der Waals surface area contributed by atoms with Crippen LogP contribution in [0.4, 0.5) is 0 Å². The number of hydrogen-bond donors (Lipinski definition) is 1. The van der Waals surface area contributed by atoms with Crippen molar-refractivity contribution in [2.24, 2.45) is 11.8 Å². The zero-order valence-electron chi connectivity index (χ0n) is 10.9. The van der Waals surface area contributed by atoms with E-state index in [1.165, 1.54) is 0 Å². The summed E-state index contributed by atoms with van der Waals surface area (Å²) in [6.45, 7) is 5.79. The van der Waals surface area contributed by atoms with Gasteiger partial charge in [-0.3, -0.25) is 4.79 Å². The molecule has 2 saturated heterocycles. The molecule has 0 bridgehead atoms. The minimum atomic E-state index is 0.0639. The van der Waals surface area contributed by atoms with Crippen molar-refractivity contribution >= 4 is 5.91 Å². The Balaban J connectivity index is 1.82. The van der Waals surface area contributed by atoms with Crippen LogP contribution in [0.2, 0.25) is 0 Å². The third-order valence-electron chi connectivity index (χ3n) is 4.13. The molecule has 0 aliphatic carbocycles. The van der Waals surface area contributed by atoms with E-state index in [4.69, 9.17) is 4.74 Å². The highest BCUT2D eigenvalue weighted by atomic mass is 16.5. The number of rotatable bonds is 3. The Morgan fingerprint density at radius 3 is 2.59 bits per heavy atom. The number of likely N-dealkylation sites (tertiary alicyclic amines) is 1. The van der Waals surface area contributed by atoms with Crippen LogP contribution < -0.4 is 5.32 Å². The van der Waals surface area contributed by atoms with E-state index in [-0.39, 0.29) is 6.04 Å². The Labute approximate surface area is 104 Å². The van der Waals surface area contributed by atoms with Gasteiger partial charge < -0.3 is 15.0 Å². The number of ether oxygens (including phenoxy) is 1. The van der Waals surface area contributed by atoms with Crippen LogP contribution in [0.3, 0.4) is 0 Å². The lowest BCUT2D eigenvalue weighted by atomic mass is 9.96. The van der Waals surface area contributed by atoms with Crippen LogP contribution in [0.15, 0.2) is 0 Å². The molecular weight excluding hydrogens is 216 g/mol. The highest BCUT2D eigenvalue weighted by Gasteiger charge is 2.33. The lowest BCUT2D eigenvalue weighted by Crippen LogP contribution is -2.49. The Bertz CT molecular complexity index is 262. The molecule has 17 heavy (non-hydrogen) atoms. The van der Waals surface area contributed by atoms with Gasteiger partial charge in [-0.15, -0.1) is 0 Å². The molecule has 4 heteroatoms. The molecule has 2 aliphatic heterocycles. The normalized spacial score (nSPS) is 30.8. The maximum Gasteiger partial charge on any atom is 0.239 e. The SMILES string of the molecule is COCC1CCN(C(=O)C2NCCC2C)CC1. The quantitative estimate of drug-likeness (QED) is 0.796. The van der Waals surface area contributed by atoms with E-state index in [1.54, 1.807) is 7.11 Å². The van der Waals surface area contributed by atoms with Crippen LogP contribution in [0.25, 0.3) is 0 Å². The van der Waals surface area contributed by atoms with Gasteiger partial charge in [-0.25, -0.2) is 0 Å². The van der Waals surface area contributed by atoms with Crippen LogP contribution in [0.1, 0.15) is 26.2 Å². The highest BCUT2D eigenvalue weighted by Crippen LogP contribution is 2.21. The first kappa shape index (κ1) is 12.8. The van der Waals surface area contributed by atoms with Crippen molar-refractivity contribution < 1.29 is 9.53 Å². The van der Waals surface area contributed by atoms with Crippen LogP contribution in [-0.2, 0) is 9.53 Å². The fourth-order valence-corrected chi connectivity index (χ4v) is 2.92. The number of amides is 1. The molecule has 0 saturated carbocycles. The van der Waals surface area contributed by atoms with E-state index in [2.05, 4.69) is 12.2 Å². The summed E-state index contributed by atoms with van der Waals surface area (Å²) in [7, 11) is 1.75. The smallest absolute Gasteiger partial charge is 0.239 e. The van der Waals surface area contributed by atoms with Crippen molar-refractivity contribution in [2.75, 3.05) is 33.4 Å². The first-order valence-corrected chi connectivity index (χ1v) is 6.73. The molecule has 2 aliphatic rings. The van der Waals surface area contributed by atoms with Crippen molar-refractivity contribution in [3.05, 3.63) is 0 Å². The van der Waals surface area contributed by atoms with Gasteiger partial charge in [0.25, 0.3) is 0 Å². The topological polar surface area (TPSA) is 41.6 Å². The molecule has 2 rings (SSSR count). The second kappa shape index (κ2) is 5.83. The number of carbonyl (C=O) groups is 1. The number of methoxy groups -OCH3 is 1. The second-order valence-corrected chi connectivity index (χ2v) is 5.42. The summed E-state index contributed by atoms with van der Waals surface area (Å²) in [6.07, 6.45) is 3.29. The minimum Gasteiger partial charge on any atom is -0.384 e. The number of piperidine rings is 1. The molecule has 4 nitrogen and oxygen atoms in total. The summed E-state index contributed by atoms with van der Waals surface area (Å²) in [6, 6.07) is 0.0639. The van der Waals surface area contributed by atoms with Crippen molar-refractivity contribution in [2.45, 2.75) is 32.2 Å². The average molecular weight is 240 g/mol. The predicted molar refractivity (Wildman–Crippen MR) is 66.8 cm³/mol. The number of carbonyl (C=O) groups excluding carboxylic acids is 1. The largest absolute Gasteiger partial charge is 0.384 e. The van der Waals surface area contributed by atoms with Crippen LogP contribution in [0.5, 0.6) is 0 Å². The lowest BCUT2D eigenvalue weighted by Gasteiger charge is -2.34. The third kappa shape index (κ3) is 2.99. The summed E-state index contributed by atoms with van der Waals surface area (Å²) in [5, 5.41) is 3.32. The lowest BCUT2D eigenvalue weighted by molar-refractivity contribution is -0.135. The van der Waals surface area contributed by atoms with Gasteiger partial charge in [0.15, 0.2) is 0 Å². The second-order valence-electron chi connectivity index (χ2n) is 5.42. The molecule has 0 radical (unpaired) electrons. The van der Waals surface area contributed by atoms with E-state index in [9.17, 15) is 4.79 Å². The van der Waals surface area contributed by atoms with Gasteiger partial charge in [-0.2, -0.15) is 0 Å². The fourth-order valence-electron chi connectivity index (χ4n) is 2.92. The molecule has 0 aromatic carbocycles. The van der Waals surface area contributed by atoms with Gasteiger partial charge in [-0.1, -0.05) is 6.92 Å². The average Bonchev–Trinajstić information content (AvgIpc) is 2.76. The number of nitrogens with one attached hydrogen (secondary N) is 1. The van der Waals surface area contributed by atoms with Crippen LogP contribution >= 0.6 is 0 Å². The van der Waals surface area contributed by atoms with Gasteiger partial charge in [0.2, 0.25) is 5.91 Å². The zero-order chi connectivity index (χ0) is 12.3. The molecule has 2 atom stereocenters. The van der Waals surface area contributed by atoms with E-state index >= 15 is 0 Å². The standard InChI is InChI=1S/C13H24N2O2/c1-10-3-6-14-12(10)13(16)15-7-4-11(5-8-15)9-17-2/h10-12,14H,3-9H2,1-2H3. The Morgan fingerprint density at radius 2 is 2.06 bits per heavy atom. The molecule has 1 amide bonds. The molecule has 0 aromatic heterocycles. The van der Waals surface area contributed by atoms with E-state index in [0.717, 1.165) is 45.5 Å². The first-order chi connectivity index (χ1) is 8.22. The van der Waals surface area contributed by atoms with Crippen LogP contribution in [0, 0.1) is 11.8 Å². The summed E-state index contributed by atoms with van der Waals surface area (Å²) in [5.74, 6) is 1.43. The molecule has 2 heterocycles. The number of hydrogen-bond acceptors (Lipinski definition) is 3. The van der Waals surface area contributed by atoms with Crippen molar-refractivity contribution in [3.63, 3.8) is 0 Å². The minimum absolute atomic E-state index is 0.0639. The van der Waals surface area contributed by atoms with E-state index in [0.29, 0.717) is 17.7 Å². The van der Waals surface area contributed by atoms with Crippen LogP contribution in [-0.4, -0.2) is 50.2 Å². The van der Waals surface area contributed by atoms with Gasteiger partial charge in [0.05, 0.1) is 6.04 Å². The Morgan fingerprint density at radius 1 is 1.35 bits per heavy atom. The Kier molecular flexibility index (Phi) is 4.40. The zero-order valence-corrected chi connectivity index (χ0v) is 10.9. The first-order valence-electron chi connectivity index (χ1n) is 6.73. The molecule has 98 valence electrons. The maximum absolute atomic E-state index is 12.3. The maximum atomic E-state index is 12.3. The van der Waals surface area contributed by atoms with Gasteiger partial charge in [0.1, 0.15) is 0 Å². The van der Waals surface area contributed by atoms with E-state index in [1.807, 2.05) is 4.90 Å². The highest BCUT2D eigenvalue weighted by molar-refractivity contribution is 5.82. The van der Waals surface area contributed by atoms with Crippen molar-refractivity contribution in [1.82, 2.24) is 10.2 Å². The van der Waals surface area contributed by atoms with E-state index < -0.39 is 0 Å². The summed E-state index contributed by atoms with van der Waals surface area (Å²) in [5.41, 5.74) is 0. The molecular formula is C13H24N2O2. The predicted octanol–water partition coefficient (Wildman–Crippen LogP) is 0.869. The number of nitrogens with zero attached hydrogens (tertiary/aromatic N) is 1. The molecule has 0 aromatic rings. The monoisotopic (exact) mass is 240 g/mol. The van der Waals surface area contributed by atoms with Gasteiger partial charge in [-0.05, 0) is 37.6 Å². The molecule has 0 spiro atoms. The molecule has 2 unspecified atom stereocenters. The summed E-state index contributed by atoms with van der Waals surface area (Å²) in [4.78, 5) is 14.3. The summed E-state index contributed by atoms with van der Waals surface area (Å²) < 4.78 is 5.18. The van der Waals surface area contributed by atoms with Gasteiger partial charge >= 0.3 is 0 Å². The third-order valence-corrected chi connectivity index (χ3v) is 4.13. The van der Waals surface area contributed by atoms with Crippen molar-refractivity contribution in [1.29, 1.82) is 0 Å². The Hall–Kier alpha value is -0.610. The molecule has 1 N–H and O–H groups in total. The van der Waals surface area contributed by atoms with Crippen molar-refractivity contribution in [3.8, 4) is 0 Å². The van der Waals surface area contributed by atoms with Gasteiger partial charge in [0, 0.05) is 26.8 Å². The summed E-state index contributed by atoms with van der Waals surface area (Å²) >= 11 is 0. The fraction of sp³-hybridized carbons (Fsp3) is 0.923.